The number of hydrogen-bond acceptors (Lipinski definition) is 4. The minimum absolute atomic E-state index is 0.108. The van der Waals surface area contributed by atoms with Gasteiger partial charge in [0.05, 0.1) is 5.70 Å². The van der Waals surface area contributed by atoms with Crippen LogP contribution in [0.2, 0.25) is 0 Å². The second-order valence-electron chi connectivity index (χ2n) is 5.06. The van der Waals surface area contributed by atoms with Crippen LogP contribution in [-0.2, 0) is 0 Å². The van der Waals surface area contributed by atoms with Crippen molar-refractivity contribution in [2.45, 2.75) is 0 Å². The van der Waals surface area contributed by atoms with Gasteiger partial charge >= 0.3 is 0 Å². The Kier molecular flexibility index (Phi) is 4.29. The van der Waals surface area contributed by atoms with Crippen LogP contribution in [0.4, 0.5) is 5.69 Å². The maximum absolute atomic E-state index is 11.7. The molecule has 0 atom stereocenters. The van der Waals surface area contributed by atoms with E-state index < -0.39 is 0 Å². The summed E-state index contributed by atoms with van der Waals surface area (Å²) in [6.45, 7) is 0. The van der Waals surface area contributed by atoms with Crippen molar-refractivity contribution in [2.24, 2.45) is 0 Å². The molecule has 5 nitrogen and oxygen atoms in total. The Morgan fingerprint density at radius 3 is 2.48 bits per heavy atom. The lowest BCUT2D eigenvalue weighted by molar-refractivity contribution is 0.0963. The molecule has 2 aromatic rings. The zero-order chi connectivity index (χ0) is 16.1. The van der Waals surface area contributed by atoms with Crippen LogP contribution in [-0.4, -0.2) is 13.0 Å². The van der Waals surface area contributed by atoms with Crippen LogP contribution in [0.5, 0.6) is 0 Å². The summed E-state index contributed by atoms with van der Waals surface area (Å²) in [5, 5.41) is 5.85. The zero-order valence-corrected chi connectivity index (χ0v) is 12.8. The Labute approximate surface area is 135 Å². The van der Waals surface area contributed by atoms with E-state index >= 15 is 0 Å². The first kappa shape index (κ1) is 14.7. The van der Waals surface area contributed by atoms with Gasteiger partial charge in [-0.3, -0.25) is 15.6 Å². The molecule has 0 saturated carbocycles. The minimum atomic E-state index is -0.108. The summed E-state index contributed by atoms with van der Waals surface area (Å²) in [4.78, 5) is 11.7. The zero-order valence-electron chi connectivity index (χ0n) is 12.8. The lowest BCUT2D eigenvalue weighted by Gasteiger charge is -2.21. The van der Waals surface area contributed by atoms with Crippen LogP contribution in [0.1, 0.15) is 15.9 Å². The fourth-order valence-electron chi connectivity index (χ4n) is 2.28. The summed E-state index contributed by atoms with van der Waals surface area (Å²) >= 11 is 0. The number of anilines is 1. The van der Waals surface area contributed by atoms with E-state index in [-0.39, 0.29) is 5.91 Å². The number of carbonyl (C=O) groups is 1. The Morgan fingerprint density at radius 2 is 1.78 bits per heavy atom. The first-order chi connectivity index (χ1) is 11.3. The van der Waals surface area contributed by atoms with Crippen LogP contribution in [0, 0.1) is 0 Å². The molecule has 0 unspecified atom stereocenters. The first-order valence-electron chi connectivity index (χ1n) is 7.35. The highest BCUT2D eigenvalue weighted by molar-refractivity contribution is 5.94. The normalized spacial score (nSPS) is 13.1. The molecule has 1 amide bonds. The molecule has 23 heavy (non-hydrogen) atoms. The molecule has 116 valence electrons. The maximum atomic E-state index is 11.7. The fraction of sp³-hybridized carbons (Fsp3) is 0.0556. The van der Waals surface area contributed by atoms with Gasteiger partial charge in [-0.2, -0.15) is 0 Å². The van der Waals surface area contributed by atoms with E-state index in [9.17, 15) is 4.79 Å². The lowest BCUT2D eigenvalue weighted by atomic mass is 10.1. The van der Waals surface area contributed by atoms with Crippen molar-refractivity contribution in [3.8, 4) is 0 Å². The highest BCUT2D eigenvalue weighted by Crippen LogP contribution is 2.16. The van der Waals surface area contributed by atoms with Crippen molar-refractivity contribution in [3.05, 3.63) is 83.7 Å². The van der Waals surface area contributed by atoms with Crippen LogP contribution >= 0.6 is 0 Å². The third kappa shape index (κ3) is 3.52. The third-order valence-corrected chi connectivity index (χ3v) is 3.46. The number of nitrogens with one attached hydrogen (secondary N) is 4. The number of rotatable bonds is 4. The van der Waals surface area contributed by atoms with Gasteiger partial charge in [-0.15, -0.1) is 0 Å². The molecule has 4 N–H and O–H groups in total. The van der Waals surface area contributed by atoms with Gasteiger partial charge in [0.1, 0.15) is 5.82 Å². The predicted molar refractivity (Wildman–Crippen MR) is 92.2 cm³/mol. The van der Waals surface area contributed by atoms with E-state index in [0.29, 0.717) is 5.56 Å². The number of hydrogen-bond donors (Lipinski definition) is 4. The lowest BCUT2D eigenvalue weighted by Crippen LogP contribution is -2.35. The Bertz CT molecular complexity index is 766. The summed E-state index contributed by atoms with van der Waals surface area (Å²) in [5.74, 6) is 0.697. The van der Waals surface area contributed by atoms with Crippen molar-refractivity contribution < 1.29 is 4.79 Å². The fourth-order valence-corrected chi connectivity index (χ4v) is 2.28. The molecule has 2 aromatic carbocycles. The first-order valence-corrected chi connectivity index (χ1v) is 7.35. The van der Waals surface area contributed by atoms with Crippen LogP contribution in [0.25, 0.3) is 5.70 Å². The van der Waals surface area contributed by atoms with E-state index in [1.54, 1.807) is 19.2 Å². The van der Waals surface area contributed by atoms with Gasteiger partial charge in [-0.1, -0.05) is 36.4 Å². The number of amides is 1. The van der Waals surface area contributed by atoms with Crippen LogP contribution < -0.4 is 21.5 Å². The molecule has 1 heterocycles. The van der Waals surface area contributed by atoms with Gasteiger partial charge in [-0.25, -0.2) is 0 Å². The second kappa shape index (κ2) is 6.70. The quantitative estimate of drug-likeness (QED) is 0.700. The van der Waals surface area contributed by atoms with Crippen LogP contribution in [0.15, 0.2) is 72.6 Å². The van der Waals surface area contributed by atoms with Gasteiger partial charge < -0.3 is 10.6 Å². The Morgan fingerprint density at radius 1 is 0.957 bits per heavy atom. The summed E-state index contributed by atoms with van der Waals surface area (Å²) in [5.41, 5.74) is 9.82. The number of hydrazine groups is 1. The molecule has 0 radical (unpaired) electrons. The molecule has 0 aliphatic carbocycles. The van der Waals surface area contributed by atoms with Gasteiger partial charge in [-0.05, 0) is 35.9 Å². The van der Waals surface area contributed by atoms with Crippen molar-refractivity contribution in [1.29, 1.82) is 0 Å². The molecule has 0 spiro atoms. The van der Waals surface area contributed by atoms with E-state index in [1.165, 1.54) is 0 Å². The van der Waals surface area contributed by atoms with Crippen molar-refractivity contribution in [3.63, 3.8) is 0 Å². The molecule has 0 aromatic heterocycles. The van der Waals surface area contributed by atoms with Gasteiger partial charge in [0.15, 0.2) is 0 Å². The van der Waals surface area contributed by atoms with E-state index in [1.807, 2.05) is 54.6 Å². The number of carbonyl (C=O) groups excluding carboxylic acids is 1. The van der Waals surface area contributed by atoms with E-state index in [4.69, 9.17) is 0 Å². The van der Waals surface area contributed by atoms with Crippen molar-refractivity contribution in [2.75, 3.05) is 12.4 Å². The average molecular weight is 306 g/mol. The van der Waals surface area contributed by atoms with Gasteiger partial charge in [0.25, 0.3) is 5.91 Å². The standard InChI is InChI=1S/C18H18N4O/c1-19-18(23)14-8-5-9-15(12-14)20-17-11-10-16(21-22-17)13-6-3-2-4-7-13/h2-12,20-22H,1H3,(H,19,23). The van der Waals surface area contributed by atoms with Gasteiger partial charge in [0, 0.05) is 18.3 Å². The molecular formula is C18H18N4O. The predicted octanol–water partition coefficient (Wildman–Crippen LogP) is 2.45. The van der Waals surface area contributed by atoms with E-state index in [0.717, 1.165) is 22.8 Å². The smallest absolute Gasteiger partial charge is 0.251 e. The minimum Gasteiger partial charge on any atom is -0.355 e. The Hall–Kier alpha value is -3.21. The second-order valence-corrected chi connectivity index (χ2v) is 5.06. The summed E-state index contributed by atoms with van der Waals surface area (Å²) in [7, 11) is 1.62. The van der Waals surface area contributed by atoms with Gasteiger partial charge in [0.2, 0.25) is 0 Å². The monoisotopic (exact) mass is 306 g/mol. The summed E-state index contributed by atoms with van der Waals surface area (Å²) < 4.78 is 0. The summed E-state index contributed by atoms with van der Waals surface area (Å²) in [6.07, 6.45) is 3.95. The Balaban J connectivity index is 1.74. The molecule has 0 fully saturated rings. The van der Waals surface area contributed by atoms with Crippen LogP contribution in [0.3, 0.4) is 0 Å². The number of benzene rings is 2. The molecule has 1 aliphatic heterocycles. The highest BCUT2D eigenvalue weighted by atomic mass is 16.1. The van der Waals surface area contributed by atoms with E-state index in [2.05, 4.69) is 21.5 Å². The molecular weight excluding hydrogens is 288 g/mol. The summed E-state index contributed by atoms with van der Waals surface area (Å²) in [6, 6.07) is 17.4. The number of allylic oxidation sites excluding steroid dienone is 2. The third-order valence-electron chi connectivity index (χ3n) is 3.46. The topological polar surface area (TPSA) is 65.2 Å². The highest BCUT2D eigenvalue weighted by Gasteiger charge is 2.08. The average Bonchev–Trinajstić information content (AvgIpc) is 2.62. The van der Waals surface area contributed by atoms with Crippen molar-refractivity contribution >= 4 is 17.3 Å². The maximum Gasteiger partial charge on any atom is 0.251 e. The largest absolute Gasteiger partial charge is 0.355 e. The SMILES string of the molecule is CNC(=O)c1cccc(NC2=CC=C(c3ccccc3)NN2)c1. The van der Waals surface area contributed by atoms with Crippen molar-refractivity contribution in [1.82, 2.24) is 16.2 Å². The molecule has 0 saturated heterocycles. The molecule has 3 rings (SSSR count). The molecule has 1 aliphatic rings. The molecule has 5 heteroatoms. The molecule has 0 bridgehead atoms.